The van der Waals surface area contributed by atoms with Crippen LogP contribution in [0.3, 0.4) is 0 Å². The van der Waals surface area contributed by atoms with E-state index in [1.165, 1.54) is 19.3 Å². The lowest BCUT2D eigenvalue weighted by molar-refractivity contribution is -0.121. The first-order chi connectivity index (χ1) is 9.79. The molecule has 1 fully saturated rings. The molecule has 1 aliphatic heterocycles. The highest BCUT2D eigenvalue weighted by Gasteiger charge is 2.11. The quantitative estimate of drug-likeness (QED) is 0.822. The molecule has 1 aromatic heterocycles. The van der Waals surface area contributed by atoms with Gasteiger partial charge in [0.15, 0.2) is 0 Å². The molecule has 110 valence electrons. The van der Waals surface area contributed by atoms with Gasteiger partial charge in [0.25, 0.3) is 0 Å². The third-order valence-corrected chi connectivity index (χ3v) is 3.58. The van der Waals surface area contributed by atoms with Gasteiger partial charge in [-0.05, 0) is 37.9 Å². The van der Waals surface area contributed by atoms with Gasteiger partial charge < -0.3 is 15.5 Å². The number of carbonyl (C=O) groups excluding carboxylic acids is 1. The minimum atomic E-state index is 0.0689. The van der Waals surface area contributed by atoms with Crippen LogP contribution in [0.15, 0.2) is 18.3 Å². The van der Waals surface area contributed by atoms with Gasteiger partial charge in [0, 0.05) is 38.8 Å². The Hall–Kier alpha value is -1.62. The van der Waals surface area contributed by atoms with Crippen LogP contribution in [0.4, 0.5) is 5.82 Å². The molecular weight excluding hydrogens is 252 g/mol. The van der Waals surface area contributed by atoms with Gasteiger partial charge in [0.1, 0.15) is 5.82 Å². The maximum Gasteiger partial charge on any atom is 0.221 e. The fourth-order valence-electron chi connectivity index (χ4n) is 2.36. The second-order valence-corrected chi connectivity index (χ2v) is 5.20. The van der Waals surface area contributed by atoms with Crippen LogP contribution in [0, 0.1) is 0 Å². The Balaban J connectivity index is 1.80. The zero-order valence-corrected chi connectivity index (χ0v) is 12.2. The number of piperidine rings is 1. The van der Waals surface area contributed by atoms with Crippen LogP contribution in [-0.2, 0) is 11.3 Å². The first-order valence-electron chi connectivity index (χ1n) is 7.41. The number of nitrogens with zero attached hydrogens (tertiary/aromatic N) is 2. The number of amides is 1. The van der Waals surface area contributed by atoms with E-state index < -0.39 is 0 Å². The Bertz CT molecular complexity index is 412. The predicted octanol–water partition coefficient (Wildman–Crippen LogP) is 1.30. The normalized spacial score (nSPS) is 15.2. The SMILES string of the molecule is CNCCC(=O)NCc1ccc(N2CCCCC2)nc1. The van der Waals surface area contributed by atoms with Crippen molar-refractivity contribution in [3.05, 3.63) is 23.9 Å². The number of pyridine rings is 1. The van der Waals surface area contributed by atoms with Gasteiger partial charge in [-0.15, -0.1) is 0 Å². The Labute approximate surface area is 120 Å². The van der Waals surface area contributed by atoms with Crippen molar-refractivity contribution in [3.8, 4) is 0 Å². The summed E-state index contributed by atoms with van der Waals surface area (Å²) in [6.07, 6.45) is 6.21. The number of anilines is 1. The highest BCUT2D eigenvalue weighted by atomic mass is 16.1. The Morgan fingerprint density at radius 1 is 1.30 bits per heavy atom. The molecule has 1 aliphatic rings. The summed E-state index contributed by atoms with van der Waals surface area (Å²) in [6.45, 7) is 3.47. The number of hydrogen-bond acceptors (Lipinski definition) is 4. The molecule has 0 aromatic carbocycles. The molecule has 1 amide bonds. The molecule has 0 bridgehead atoms. The van der Waals surface area contributed by atoms with Crippen LogP contribution in [0.5, 0.6) is 0 Å². The third-order valence-electron chi connectivity index (χ3n) is 3.58. The summed E-state index contributed by atoms with van der Waals surface area (Å²) in [5.41, 5.74) is 1.04. The van der Waals surface area contributed by atoms with Crippen molar-refractivity contribution >= 4 is 11.7 Å². The predicted molar refractivity (Wildman–Crippen MR) is 80.7 cm³/mol. The number of nitrogens with one attached hydrogen (secondary N) is 2. The molecule has 20 heavy (non-hydrogen) atoms. The molecule has 5 heteroatoms. The van der Waals surface area contributed by atoms with Gasteiger partial charge in [-0.25, -0.2) is 4.98 Å². The van der Waals surface area contributed by atoms with Crippen LogP contribution in [0.25, 0.3) is 0 Å². The minimum absolute atomic E-state index is 0.0689. The molecular formula is C15H24N4O. The molecule has 0 unspecified atom stereocenters. The van der Waals surface area contributed by atoms with E-state index in [0.717, 1.165) is 24.5 Å². The maximum atomic E-state index is 11.5. The van der Waals surface area contributed by atoms with Gasteiger partial charge in [-0.3, -0.25) is 4.79 Å². The van der Waals surface area contributed by atoms with E-state index in [4.69, 9.17) is 0 Å². The van der Waals surface area contributed by atoms with Crippen molar-refractivity contribution in [1.82, 2.24) is 15.6 Å². The molecule has 0 atom stereocenters. The van der Waals surface area contributed by atoms with Crippen molar-refractivity contribution in [2.45, 2.75) is 32.2 Å². The standard InChI is InChI=1S/C15H24N4O/c1-16-8-7-15(20)18-12-13-5-6-14(17-11-13)19-9-3-2-4-10-19/h5-6,11,16H,2-4,7-10,12H2,1H3,(H,18,20). The Morgan fingerprint density at radius 3 is 2.75 bits per heavy atom. The van der Waals surface area contributed by atoms with E-state index in [9.17, 15) is 4.79 Å². The highest BCUT2D eigenvalue weighted by Crippen LogP contribution is 2.17. The van der Waals surface area contributed by atoms with Crippen molar-refractivity contribution < 1.29 is 4.79 Å². The molecule has 0 aliphatic carbocycles. The summed E-state index contributed by atoms with van der Waals surface area (Å²) in [5.74, 6) is 1.12. The van der Waals surface area contributed by atoms with E-state index in [1.54, 1.807) is 0 Å². The van der Waals surface area contributed by atoms with Gasteiger partial charge in [0.2, 0.25) is 5.91 Å². The lowest BCUT2D eigenvalue weighted by Gasteiger charge is -2.27. The number of rotatable bonds is 6. The summed E-state index contributed by atoms with van der Waals surface area (Å²) < 4.78 is 0. The average molecular weight is 276 g/mol. The van der Waals surface area contributed by atoms with Gasteiger partial charge >= 0.3 is 0 Å². The average Bonchev–Trinajstić information content (AvgIpc) is 2.52. The van der Waals surface area contributed by atoms with Crippen LogP contribution in [-0.4, -0.2) is 37.6 Å². The number of aromatic nitrogens is 1. The van der Waals surface area contributed by atoms with E-state index in [1.807, 2.05) is 13.2 Å². The smallest absolute Gasteiger partial charge is 0.221 e. The third kappa shape index (κ3) is 4.49. The van der Waals surface area contributed by atoms with E-state index in [2.05, 4.69) is 32.7 Å². The minimum Gasteiger partial charge on any atom is -0.357 e. The molecule has 2 N–H and O–H groups in total. The lowest BCUT2D eigenvalue weighted by atomic mass is 10.1. The first kappa shape index (κ1) is 14.8. The van der Waals surface area contributed by atoms with Crippen molar-refractivity contribution in [3.63, 3.8) is 0 Å². The molecule has 1 aromatic rings. The summed E-state index contributed by atoms with van der Waals surface area (Å²) in [5, 5.41) is 5.86. The first-order valence-corrected chi connectivity index (χ1v) is 7.41. The topological polar surface area (TPSA) is 57.3 Å². The molecule has 0 saturated carbocycles. The van der Waals surface area contributed by atoms with Crippen LogP contribution in [0.2, 0.25) is 0 Å². The van der Waals surface area contributed by atoms with Gasteiger partial charge in [0.05, 0.1) is 0 Å². The molecule has 2 heterocycles. The molecule has 5 nitrogen and oxygen atoms in total. The Kier molecular flexibility index (Phi) is 5.80. The number of carbonyl (C=O) groups is 1. The van der Waals surface area contributed by atoms with Gasteiger partial charge in [-0.2, -0.15) is 0 Å². The lowest BCUT2D eigenvalue weighted by Crippen LogP contribution is -2.30. The maximum absolute atomic E-state index is 11.5. The van der Waals surface area contributed by atoms with Crippen molar-refractivity contribution in [2.75, 3.05) is 31.6 Å². The van der Waals surface area contributed by atoms with Crippen LogP contribution >= 0.6 is 0 Å². The summed E-state index contributed by atoms with van der Waals surface area (Å²) >= 11 is 0. The second kappa shape index (κ2) is 7.85. The van der Waals surface area contributed by atoms with Crippen LogP contribution in [0.1, 0.15) is 31.2 Å². The van der Waals surface area contributed by atoms with E-state index >= 15 is 0 Å². The molecule has 0 radical (unpaired) electrons. The molecule has 0 spiro atoms. The largest absolute Gasteiger partial charge is 0.357 e. The summed E-state index contributed by atoms with van der Waals surface area (Å²) in [7, 11) is 1.84. The zero-order valence-electron chi connectivity index (χ0n) is 12.2. The van der Waals surface area contributed by atoms with Gasteiger partial charge in [-0.1, -0.05) is 6.07 Å². The molecule has 2 rings (SSSR count). The summed E-state index contributed by atoms with van der Waals surface area (Å²) in [6, 6.07) is 4.11. The second-order valence-electron chi connectivity index (χ2n) is 5.20. The monoisotopic (exact) mass is 276 g/mol. The Morgan fingerprint density at radius 2 is 2.10 bits per heavy atom. The van der Waals surface area contributed by atoms with E-state index in [-0.39, 0.29) is 5.91 Å². The fourth-order valence-corrected chi connectivity index (χ4v) is 2.36. The van der Waals surface area contributed by atoms with E-state index in [0.29, 0.717) is 19.5 Å². The zero-order chi connectivity index (χ0) is 14.2. The van der Waals surface area contributed by atoms with Crippen LogP contribution < -0.4 is 15.5 Å². The fraction of sp³-hybridized carbons (Fsp3) is 0.600. The highest BCUT2D eigenvalue weighted by molar-refractivity contribution is 5.76. The summed E-state index contributed by atoms with van der Waals surface area (Å²) in [4.78, 5) is 18.3. The van der Waals surface area contributed by atoms with Crippen molar-refractivity contribution in [1.29, 1.82) is 0 Å². The van der Waals surface area contributed by atoms with Crippen molar-refractivity contribution in [2.24, 2.45) is 0 Å². The number of hydrogen-bond donors (Lipinski definition) is 2. The molecule has 1 saturated heterocycles.